The lowest BCUT2D eigenvalue weighted by Gasteiger charge is -2.07. The minimum atomic E-state index is -2.29. The van der Waals surface area contributed by atoms with Crippen LogP contribution in [-0.4, -0.2) is 16.0 Å². The van der Waals surface area contributed by atoms with Crippen LogP contribution in [0.5, 0.6) is 0 Å². The second-order valence-electron chi connectivity index (χ2n) is 8.13. The SMILES string of the molecule is O=C(C=Cc1ccc(-c2ccc(Cl)cc2)o1)NC(=S)Nc1ccc2oc(-c3c(F)c(F)c(F)c(F)c3F)nc2c1. The fourth-order valence-electron chi connectivity index (χ4n) is 3.59. The fourth-order valence-corrected chi connectivity index (χ4v) is 3.93. The molecular weight excluding hydrogens is 577 g/mol. The lowest BCUT2D eigenvalue weighted by molar-refractivity contribution is -0.115. The first-order valence-electron chi connectivity index (χ1n) is 11.2. The minimum absolute atomic E-state index is 0.00111. The molecule has 13 heteroatoms. The topological polar surface area (TPSA) is 80.3 Å². The van der Waals surface area contributed by atoms with Gasteiger partial charge in [-0.1, -0.05) is 11.6 Å². The summed E-state index contributed by atoms with van der Waals surface area (Å²) >= 11 is 11.0. The summed E-state index contributed by atoms with van der Waals surface area (Å²) in [5, 5.41) is 5.65. The third-order valence-corrected chi connectivity index (χ3v) is 5.92. The van der Waals surface area contributed by atoms with E-state index in [2.05, 4.69) is 15.6 Å². The fraction of sp³-hybridized carbons (Fsp3) is 0. The highest BCUT2D eigenvalue weighted by molar-refractivity contribution is 7.80. The molecule has 0 unspecified atom stereocenters. The van der Waals surface area contributed by atoms with Gasteiger partial charge in [0.25, 0.3) is 0 Å². The zero-order valence-electron chi connectivity index (χ0n) is 19.7. The van der Waals surface area contributed by atoms with Gasteiger partial charge in [-0.05, 0) is 72.9 Å². The number of amides is 1. The Morgan fingerprint density at radius 2 is 1.55 bits per heavy atom. The number of rotatable bonds is 5. The van der Waals surface area contributed by atoms with Gasteiger partial charge >= 0.3 is 0 Å². The van der Waals surface area contributed by atoms with E-state index >= 15 is 0 Å². The van der Waals surface area contributed by atoms with Crippen LogP contribution in [0, 0.1) is 29.1 Å². The van der Waals surface area contributed by atoms with E-state index in [1.807, 2.05) is 0 Å². The Bertz CT molecular complexity index is 1790. The molecule has 2 aromatic heterocycles. The number of anilines is 1. The van der Waals surface area contributed by atoms with E-state index < -0.39 is 46.4 Å². The van der Waals surface area contributed by atoms with Gasteiger partial charge in [-0.15, -0.1) is 0 Å². The second kappa shape index (κ2) is 10.9. The molecular formula is C27H13ClF5N3O3S. The number of fused-ring (bicyclic) bond motifs is 1. The van der Waals surface area contributed by atoms with Crippen molar-refractivity contribution in [3.05, 3.63) is 101 Å². The van der Waals surface area contributed by atoms with Gasteiger partial charge in [0.05, 0.1) is 0 Å². The number of carbonyl (C=O) groups is 1. The molecule has 2 N–H and O–H groups in total. The first kappa shape index (κ1) is 27.0. The van der Waals surface area contributed by atoms with E-state index in [9.17, 15) is 26.7 Å². The van der Waals surface area contributed by atoms with E-state index in [1.165, 1.54) is 30.4 Å². The Hall–Kier alpha value is -4.55. The maximum Gasteiger partial charge on any atom is 0.250 e. The van der Waals surface area contributed by atoms with Crippen molar-refractivity contribution in [2.45, 2.75) is 0 Å². The summed E-state index contributed by atoms with van der Waals surface area (Å²) in [4.78, 5) is 16.1. The zero-order chi connectivity index (χ0) is 28.6. The molecule has 5 rings (SSSR count). The Labute approximate surface area is 232 Å². The molecule has 6 nitrogen and oxygen atoms in total. The molecule has 0 fully saturated rings. The summed E-state index contributed by atoms with van der Waals surface area (Å²) in [6.45, 7) is 0. The molecule has 2 heterocycles. The molecule has 0 atom stereocenters. The Kier molecular flexibility index (Phi) is 7.37. The van der Waals surface area contributed by atoms with Crippen LogP contribution in [0.4, 0.5) is 27.6 Å². The van der Waals surface area contributed by atoms with Crippen LogP contribution < -0.4 is 10.6 Å². The number of carbonyl (C=O) groups excluding carboxylic acids is 1. The smallest absolute Gasteiger partial charge is 0.250 e. The van der Waals surface area contributed by atoms with E-state index in [0.717, 1.165) is 5.56 Å². The third-order valence-electron chi connectivity index (χ3n) is 5.46. The van der Waals surface area contributed by atoms with E-state index in [4.69, 9.17) is 32.7 Å². The molecule has 0 spiro atoms. The molecule has 0 radical (unpaired) electrons. The number of halogens is 6. The second-order valence-corrected chi connectivity index (χ2v) is 8.98. The van der Waals surface area contributed by atoms with Gasteiger partial charge in [0, 0.05) is 22.3 Å². The first-order chi connectivity index (χ1) is 19.1. The summed E-state index contributed by atoms with van der Waals surface area (Å²) < 4.78 is 79.7. The number of hydrogen-bond donors (Lipinski definition) is 2. The molecule has 0 saturated carbocycles. The van der Waals surface area contributed by atoms with Crippen LogP contribution in [0.1, 0.15) is 5.76 Å². The predicted molar refractivity (Wildman–Crippen MR) is 142 cm³/mol. The molecule has 0 aliphatic carbocycles. The van der Waals surface area contributed by atoms with Crippen LogP contribution in [0.15, 0.2) is 69.5 Å². The number of furan rings is 1. The number of oxazole rings is 1. The summed E-state index contributed by atoms with van der Waals surface area (Å²) in [6, 6.07) is 14.6. The van der Waals surface area contributed by atoms with Crippen molar-refractivity contribution in [1.29, 1.82) is 0 Å². The minimum Gasteiger partial charge on any atom is -0.457 e. The monoisotopic (exact) mass is 589 g/mol. The van der Waals surface area contributed by atoms with Crippen molar-refractivity contribution >= 4 is 57.7 Å². The highest BCUT2D eigenvalue weighted by atomic mass is 35.5. The van der Waals surface area contributed by atoms with Crippen LogP contribution in [-0.2, 0) is 4.79 Å². The van der Waals surface area contributed by atoms with Gasteiger partial charge in [0.15, 0.2) is 34.0 Å². The number of hydrogen-bond acceptors (Lipinski definition) is 5. The molecule has 0 aliphatic heterocycles. The van der Waals surface area contributed by atoms with E-state index in [0.29, 0.717) is 16.5 Å². The van der Waals surface area contributed by atoms with Crippen molar-refractivity contribution in [3.8, 4) is 22.8 Å². The maximum absolute atomic E-state index is 14.1. The molecule has 202 valence electrons. The summed E-state index contributed by atoms with van der Waals surface area (Å²) in [5.41, 5.74) is -0.181. The molecule has 0 aliphatic rings. The molecule has 0 saturated heterocycles. The summed E-state index contributed by atoms with van der Waals surface area (Å²) in [6.07, 6.45) is 2.65. The lowest BCUT2D eigenvalue weighted by Crippen LogP contribution is -2.32. The normalized spacial score (nSPS) is 11.3. The van der Waals surface area contributed by atoms with E-state index in [1.54, 1.807) is 36.4 Å². The Balaban J connectivity index is 1.25. The van der Waals surface area contributed by atoms with Gasteiger partial charge in [0.2, 0.25) is 17.6 Å². The summed E-state index contributed by atoms with van der Waals surface area (Å²) in [5.74, 6) is -11.1. The van der Waals surface area contributed by atoms with Gasteiger partial charge in [-0.25, -0.2) is 26.9 Å². The van der Waals surface area contributed by atoms with Gasteiger partial charge < -0.3 is 14.2 Å². The molecule has 40 heavy (non-hydrogen) atoms. The van der Waals surface area contributed by atoms with Crippen LogP contribution in [0.25, 0.3) is 40.0 Å². The maximum atomic E-state index is 14.1. The van der Waals surface area contributed by atoms with Gasteiger partial charge in [0.1, 0.15) is 22.6 Å². The molecule has 3 aromatic carbocycles. The van der Waals surface area contributed by atoms with E-state index in [-0.39, 0.29) is 21.9 Å². The number of benzene rings is 3. The first-order valence-corrected chi connectivity index (χ1v) is 12.0. The number of aromatic nitrogens is 1. The average Bonchev–Trinajstić information content (AvgIpc) is 3.57. The van der Waals surface area contributed by atoms with Crippen molar-refractivity contribution < 1.29 is 35.6 Å². The van der Waals surface area contributed by atoms with Gasteiger partial charge in [-0.2, -0.15) is 0 Å². The van der Waals surface area contributed by atoms with Crippen molar-refractivity contribution in [2.24, 2.45) is 0 Å². The lowest BCUT2D eigenvalue weighted by atomic mass is 10.1. The number of nitrogens with one attached hydrogen (secondary N) is 2. The third kappa shape index (κ3) is 5.44. The quantitative estimate of drug-likeness (QED) is 0.0721. The van der Waals surface area contributed by atoms with Crippen LogP contribution in [0.3, 0.4) is 0 Å². The average molecular weight is 590 g/mol. The standard InChI is InChI=1S/C27H13ClF5N3O3S/c28-13-3-1-12(2-4-13)17-9-6-15(38-17)7-10-19(37)36-27(40)34-14-5-8-18-16(11-14)35-26(39-18)20-21(29)23(31)25(33)24(32)22(20)30/h1-11H,(H2,34,36,37,40). The largest absolute Gasteiger partial charge is 0.457 e. The van der Waals surface area contributed by atoms with Crippen molar-refractivity contribution in [3.63, 3.8) is 0 Å². The highest BCUT2D eigenvalue weighted by Crippen LogP contribution is 2.33. The number of nitrogens with zero attached hydrogens (tertiary/aromatic N) is 1. The molecule has 5 aromatic rings. The summed E-state index contributed by atoms with van der Waals surface area (Å²) in [7, 11) is 0. The van der Waals surface area contributed by atoms with Crippen molar-refractivity contribution in [2.75, 3.05) is 5.32 Å². The van der Waals surface area contributed by atoms with Gasteiger partial charge in [-0.3, -0.25) is 10.1 Å². The zero-order valence-corrected chi connectivity index (χ0v) is 21.3. The Morgan fingerprint density at radius 3 is 2.25 bits per heavy atom. The molecule has 1 amide bonds. The Morgan fingerprint density at radius 1 is 0.875 bits per heavy atom. The molecule has 0 bridgehead atoms. The predicted octanol–water partition coefficient (Wildman–Crippen LogP) is 7.63. The number of thiocarbonyl (C=S) groups is 1. The van der Waals surface area contributed by atoms with Crippen LogP contribution in [0.2, 0.25) is 5.02 Å². The van der Waals surface area contributed by atoms with Crippen LogP contribution >= 0.6 is 23.8 Å². The van der Waals surface area contributed by atoms with Crippen molar-refractivity contribution in [1.82, 2.24) is 10.3 Å². The highest BCUT2D eigenvalue weighted by Gasteiger charge is 2.29.